The first-order chi connectivity index (χ1) is 7.41. The zero-order chi connectivity index (χ0) is 12.3. The van der Waals surface area contributed by atoms with Crippen LogP contribution in [0, 0.1) is 0 Å². The summed E-state index contributed by atoms with van der Waals surface area (Å²) in [5, 5.41) is 9.08. The number of piperazine rings is 1. The van der Waals surface area contributed by atoms with Gasteiger partial charge in [-0.05, 0) is 21.1 Å². The molecule has 1 rings (SSSR count). The zero-order valence-corrected chi connectivity index (χ0v) is 10.0. The molecule has 1 aliphatic heterocycles. The van der Waals surface area contributed by atoms with E-state index in [2.05, 4.69) is 0 Å². The SMILES string of the molecule is CN(C)CCN1C(=O)CN(C)CC1C(=O)O. The molecule has 1 fully saturated rings. The summed E-state index contributed by atoms with van der Waals surface area (Å²) in [6, 6.07) is -0.716. The molecule has 0 aromatic heterocycles. The summed E-state index contributed by atoms with van der Waals surface area (Å²) in [6.45, 7) is 1.85. The van der Waals surface area contributed by atoms with Crippen LogP contribution in [0.25, 0.3) is 0 Å². The Hall–Kier alpha value is -1.14. The van der Waals surface area contributed by atoms with Gasteiger partial charge in [-0.25, -0.2) is 4.79 Å². The van der Waals surface area contributed by atoms with Crippen LogP contribution in [-0.4, -0.2) is 85.0 Å². The van der Waals surface area contributed by atoms with Gasteiger partial charge in [0.2, 0.25) is 5.91 Å². The largest absolute Gasteiger partial charge is 0.480 e. The molecule has 0 radical (unpaired) electrons. The Kier molecular flexibility index (Phi) is 4.26. The number of nitrogens with zero attached hydrogens (tertiary/aromatic N) is 3. The lowest BCUT2D eigenvalue weighted by molar-refractivity contribution is -0.155. The van der Waals surface area contributed by atoms with Crippen molar-refractivity contribution in [1.82, 2.24) is 14.7 Å². The van der Waals surface area contributed by atoms with Crippen LogP contribution in [0.2, 0.25) is 0 Å². The van der Waals surface area contributed by atoms with Crippen LogP contribution < -0.4 is 0 Å². The Bertz CT molecular complexity index is 280. The molecule has 1 aliphatic rings. The molecule has 1 amide bonds. The maximum Gasteiger partial charge on any atom is 0.327 e. The molecular weight excluding hydrogens is 210 g/mol. The first-order valence-corrected chi connectivity index (χ1v) is 5.27. The maximum atomic E-state index is 11.7. The third kappa shape index (κ3) is 3.18. The number of carbonyl (C=O) groups is 2. The average molecular weight is 229 g/mol. The number of carboxylic acids is 1. The Morgan fingerprint density at radius 2 is 2.19 bits per heavy atom. The normalized spacial score (nSPS) is 22.9. The minimum absolute atomic E-state index is 0.108. The molecule has 1 heterocycles. The summed E-state index contributed by atoms with van der Waals surface area (Å²) in [5.74, 6) is -1.04. The molecule has 0 aromatic carbocycles. The van der Waals surface area contributed by atoms with E-state index in [4.69, 9.17) is 5.11 Å². The van der Waals surface area contributed by atoms with E-state index in [9.17, 15) is 9.59 Å². The second-order valence-corrected chi connectivity index (χ2v) is 4.44. The fraction of sp³-hybridized carbons (Fsp3) is 0.800. The van der Waals surface area contributed by atoms with Crippen LogP contribution >= 0.6 is 0 Å². The Labute approximate surface area is 95.4 Å². The van der Waals surface area contributed by atoms with Gasteiger partial charge in [-0.15, -0.1) is 0 Å². The van der Waals surface area contributed by atoms with Crippen LogP contribution in [0.5, 0.6) is 0 Å². The van der Waals surface area contributed by atoms with E-state index >= 15 is 0 Å². The molecule has 0 aliphatic carbocycles. The third-order valence-corrected chi connectivity index (χ3v) is 2.66. The summed E-state index contributed by atoms with van der Waals surface area (Å²) in [7, 11) is 5.56. The molecule has 6 nitrogen and oxygen atoms in total. The van der Waals surface area contributed by atoms with Crippen molar-refractivity contribution in [3.05, 3.63) is 0 Å². The van der Waals surface area contributed by atoms with Crippen LogP contribution in [0.1, 0.15) is 0 Å². The monoisotopic (exact) mass is 229 g/mol. The van der Waals surface area contributed by atoms with Gasteiger partial charge in [0, 0.05) is 19.6 Å². The summed E-state index contributed by atoms with van der Waals surface area (Å²) in [6.07, 6.45) is 0. The van der Waals surface area contributed by atoms with Gasteiger partial charge in [0.25, 0.3) is 0 Å². The molecule has 0 bridgehead atoms. The lowest BCUT2D eigenvalue weighted by Crippen LogP contribution is -2.59. The molecular formula is C10H19N3O3. The van der Waals surface area contributed by atoms with Crippen molar-refractivity contribution in [1.29, 1.82) is 0 Å². The predicted molar refractivity (Wildman–Crippen MR) is 59.2 cm³/mol. The standard InChI is InChI=1S/C10H19N3O3/c1-11(2)4-5-13-8(10(15)16)6-12(3)7-9(13)14/h8H,4-7H2,1-3H3,(H,15,16). The van der Waals surface area contributed by atoms with Crippen molar-refractivity contribution >= 4 is 11.9 Å². The van der Waals surface area contributed by atoms with Gasteiger partial charge in [0.15, 0.2) is 0 Å². The fourth-order valence-corrected chi connectivity index (χ4v) is 1.75. The van der Waals surface area contributed by atoms with E-state index in [-0.39, 0.29) is 5.91 Å². The van der Waals surface area contributed by atoms with Crippen LogP contribution in [0.4, 0.5) is 0 Å². The minimum Gasteiger partial charge on any atom is -0.480 e. The average Bonchev–Trinajstić information content (AvgIpc) is 2.14. The van der Waals surface area contributed by atoms with E-state index in [0.717, 1.165) is 0 Å². The highest BCUT2D eigenvalue weighted by Crippen LogP contribution is 2.09. The van der Waals surface area contributed by atoms with Crippen LogP contribution in [0.15, 0.2) is 0 Å². The van der Waals surface area contributed by atoms with Crippen molar-refractivity contribution in [2.75, 3.05) is 47.3 Å². The highest BCUT2D eigenvalue weighted by molar-refractivity contribution is 5.86. The molecule has 1 N–H and O–H groups in total. The van der Waals surface area contributed by atoms with Gasteiger partial charge in [-0.1, -0.05) is 0 Å². The van der Waals surface area contributed by atoms with Gasteiger partial charge in [-0.2, -0.15) is 0 Å². The smallest absolute Gasteiger partial charge is 0.327 e. The zero-order valence-electron chi connectivity index (χ0n) is 10.0. The highest BCUT2D eigenvalue weighted by Gasteiger charge is 2.35. The van der Waals surface area contributed by atoms with E-state index in [1.165, 1.54) is 4.90 Å². The van der Waals surface area contributed by atoms with E-state index in [1.54, 1.807) is 11.9 Å². The lowest BCUT2D eigenvalue weighted by atomic mass is 10.1. The first-order valence-electron chi connectivity index (χ1n) is 5.27. The highest BCUT2D eigenvalue weighted by atomic mass is 16.4. The second kappa shape index (κ2) is 5.27. The second-order valence-electron chi connectivity index (χ2n) is 4.44. The van der Waals surface area contributed by atoms with Gasteiger partial charge in [-0.3, -0.25) is 9.69 Å². The third-order valence-electron chi connectivity index (χ3n) is 2.66. The quantitative estimate of drug-likeness (QED) is 0.654. The molecule has 1 atom stereocenters. The predicted octanol–water partition coefficient (Wildman–Crippen LogP) is -1.22. The van der Waals surface area contributed by atoms with E-state index in [0.29, 0.717) is 26.2 Å². The molecule has 1 saturated heterocycles. The summed E-state index contributed by atoms with van der Waals surface area (Å²) in [4.78, 5) is 27.9. The van der Waals surface area contributed by atoms with E-state index < -0.39 is 12.0 Å². The van der Waals surface area contributed by atoms with Crippen molar-refractivity contribution < 1.29 is 14.7 Å². The van der Waals surface area contributed by atoms with Crippen molar-refractivity contribution in [2.45, 2.75) is 6.04 Å². The molecule has 92 valence electrons. The maximum absolute atomic E-state index is 11.7. The fourth-order valence-electron chi connectivity index (χ4n) is 1.75. The Morgan fingerprint density at radius 3 is 2.69 bits per heavy atom. The van der Waals surface area contributed by atoms with Crippen molar-refractivity contribution in [3.8, 4) is 0 Å². The van der Waals surface area contributed by atoms with Crippen LogP contribution in [0.3, 0.4) is 0 Å². The summed E-state index contributed by atoms with van der Waals surface area (Å²) in [5.41, 5.74) is 0. The number of rotatable bonds is 4. The molecule has 0 spiro atoms. The summed E-state index contributed by atoms with van der Waals surface area (Å²) < 4.78 is 0. The van der Waals surface area contributed by atoms with Crippen molar-refractivity contribution in [2.24, 2.45) is 0 Å². The Morgan fingerprint density at radius 1 is 1.56 bits per heavy atom. The number of aliphatic carboxylic acids is 1. The molecule has 0 aromatic rings. The minimum atomic E-state index is -0.932. The van der Waals surface area contributed by atoms with Gasteiger partial charge in [0.05, 0.1) is 6.54 Å². The first kappa shape index (κ1) is 12.9. The lowest BCUT2D eigenvalue weighted by Gasteiger charge is -2.37. The molecule has 6 heteroatoms. The number of carbonyl (C=O) groups excluding carboxylic acids is 1. The van der Waals surface area contributed by atoms with Crippen LogP contribution in [-0.2, 0) is 9.59 Å². The number of likely N-dealkylation sites (N-methyl/N-ethyl adjacent to an activating group) is 2. The van der Waals surface area contributed by atoms with Gasteiger partial charge in [0.1, 0.15) is 6.04 Å². The number of hydrogen-bond donors (Lipinski definition) is 1. The molecule has 0 saturated carbocycles. The molecule has 1 unspecified atom stereocenters. The topological polar surface area (TPSA) is 64.1 Å². The number of amides is 1. The number of hydrogen-bond acceptors (Lipinski definition) is 4. The summed E-state index contributed by atoms with van der Waals surface area (Å²) >= 11 is 0. The number of carboxylic acid groups (broad SMARTS) is 1. The van der Waals surface area contributed by atoms with E-state index in [1.807, 2.05) is 19.0 Å². The van der Waals surface area contributed by atoms with Gasteiger partial charge >= 0.3 is 5.97 Å². The Balaban J connectivity index is 2.68. The van der Waals surface area contributed by atoms with Gasteiger partial charge < -0.3 is 14.9 Å². The van der Waals surface area contributed by atoms with Crippen molar-refractivity contribution in [3.63, 3.8) is 0 Å². The molecule has 16 heavy (non-hydrogen) atoms.